The Morgan fingerprint density at radius 3 is 2.38 bits per heavy atom. The van der Waals surface area contributed by atoms with Crippen LogP contribution < -0.4 is 20.6 Å². The molecule has 3 aromatic rings. The standard InChI is InChI=1S/C27H28F3N5O4/c1-19-8-4-5-9-22(19)25(32-35(18-36)20-12-14-21(15-13-20)39-27(28,29)30)31-23-10-6-16-34(26(23)38)17-7-11-24(37)33(2)3/h4-6,8-10,12-16,18H,7,11,17H2,1-3H3,(H,31,32). The average Bonchev–Trinajstić information content (AvgIpc) is 2.88. The predicted octanol–water partition coefficient (Wildman–Crippen LogP) is 4.36. The van der Waals surface area contributed by atoms with Crippen LogP contribution in [-0.2, 0) is 16.1 Å². The van der Waals surface area contributed by atoms with Gasteiger partial charge < -0.3 is 19.5 Å². The quantitative estimate of drug-likeness (QED) is 0.177. The summed E-state index contributed by atoms with van der Waals surface area (Å²) in [5, 5.41) is 8.32. The number of hydrazone groups is 1. The zero-order valence-electron chi connectivity index (χ0n) is 21.6. The summed E-state index contributed by atoms with van der Waals surface area (Å²) in [7, 11) is 3.33. The van der Waals surface area contributed by atoms with Crippen molar-refractivity contribution in [3.63, 3.8) is 0 Å². The van der Waals surface area contributed by atoms with Crippen LogP contribution in [0.1, 0.15) is 24.0 Å². The third kappa shape index (κ3) is 8.19. The van der Waals surface area contributed by atoms with Crippen molar-refractivity contribution in [3.8, 4) is 5.75 Å². The van der Waals surface area contributed by atoms with Crippen molar-refractivity contribution in [3.05, 3.63) is 88.3 Å². The number of nitrogens with one attached hydrogen (secondary N) is 1. The second-order valence-electron chi connectivity index (χ2n) is 8.69. The number of ether oxygens (including phenoxy) is 1. The van der Waals surface area contributed by atoms with Gasteiger partial charge in [-0.1, -0.05) is 24.3 Å². The van der Waals surface area contributed by atoms with E-state index >= 15 is 0 Å². The van der Waals surface area contributed by atoms with E-state index in [0.29, 0.717) is 24.9 Å². The van der Waals surface area contributed by atoms with Gasteiger partial charge in [0.15, 0.2) is 5.84 Å². The molecule has 0 aliphatic carbocycles. The number of halogens is 3. The fourth-order valence-corrected chi connectivity index (χ4v) is 3.60. The van der Waals surface area contributed by atoms with Gasteiger partial charge in [0.25, 0.3) is 5.56 Å². The molecule has 1 aromatic heterocycles. The number of carbonyl (C=O) groups is 2. The van der Waals surface area contributed by atoms with Gasteiger partial charge in [-0.25, -0.2) is 5.01 Å². The van der Waals surface area contributed by atoms with E-state index in [-0.39, 0.29) is 35.1 Å². The SMILES string of the molecule is Cc1ccccc1/C(=N\N(C=O)c1ccc(OC(F)(F)F)cc1)Nc1cccn(CCCC(=O)N(C)C)c1=O. The smallest absolute Gasteiger partial charge is 0.406 e. The van der Waals surface area contributed by atoms with E-state index in [1.54, 1.807) is 44.6 Å². The highest BCUT2D eigenvalue weighted by atomic mass is 19.4. The Bertz CT molecular complexity index is 1390. The lowest BCUT2D eigenvalue weighted by Crippen LogP contribution is -2.29. The Balaban J connectivity index is 1.93. The maximum absolute atomic E-state index is 13.2. The highest BCUT2D eigenvalue weighted by Crippen LogP contribution is 2.25. The number of amidine groups is 1. The van der Waals surface area contributed by atoms with Crippen LogP contribution in [0.25, 0.3) is 0 Å². The molecule has 2 aromatic carbocycles. The third-order valence-electron chi connectivity index (χ3n) is 5.60. The van der Waals surface area contributed by atoms with E-state index in [2.05, 4.69) is 15.2 Å². The lowest BCUT2D eigenvalue weighted by molar-refractivity contribution is -0.274. The van der Waals surface area contributed by atoms with Gasteiger partial charge >= 0.3 is 6.36 Å². The lowest BCUT2D eigenvalue weighted by atomic mass is 10.1. The van der Waals surface area contributed by atoms with Crippen LogP contribution in [0.3, 0.4) is 0 Å². The van der Waals surface area contributed by atoms with Gasteiger partial charge in [0, 0.05) is 38.8 Å². The normalized spacial score (nSPS) is 11.6. The molecule has 206 valence electrons. The minimum Gasteiger partial charge on any atom is -0.406 e. The van der Waals surface area contributed by atoms with Crippen molar-refractivity contribution in [1.29, 1.82) is 0 Å². The first kappa shape index (κ1) is 29.0. The molecule has 0 saturated heterocycles. The fraction of sp³-hybridized carbons (Fsp3) is 0.259. The molecule has 0 unspecified atom stereocenters. The molecule has 12 heteroatoms. The molecular weight excluding hydrogens is 515 g/mol. The molecule has 3 rings (SSSR count). The van der Waals surface area contributed by atoms with Gasteiger partial charge in [-0.3, -0.25) is 14.4 Å². The highest BCUT2D eigenvalue weighted by molar-refractivity contribution is 6.10. The topological polar surface area (TPSA) is 96.2 Å². The van der Waals surface area contributed by atoms with Crippen LogP contribution in [0, 0.1) is 6.92 Å². The molecule has 1 heterocycles. The molecule has 0 bridgehead atoms. The molecule has 0 radical (unpaired) electrons. The molecule has 1 N–H and O–H groups in total. The van der Waals surface area contributed by atoms with Gasteiger partial charge in [-0.2, -0.15) is 0 Å². The molecule has 39 heavy (non-hydrogen) atoms. The molecule has 0 aliphatic heterocycles. The van der Waals surface area contributed by atoms with E-state index in [9.17, 15) is 27.6 Å². The summed E-state index contributed by atoms with van der Waals surface area (Å²) in [6.45, 7) is 2.14. The van der Waals surface area contributed by atoms with E-state index in [1.165, 1.54) is 21.6 Å². The number of aromatic nitrogens is 1. The zero-order valence-corrected chi connectivity index (χ0v) is 21.6. The maximum atomic E-state index is 13.2. The van der Waals surface area contributed by atoms with Gasteiger partial charge in [-0.05, 0) is 55.3 Å². The molecule has 0 aliphatic rings. The maximum Gasteiger partial charge on any atom is 0.573 e. The number of nitrogens with zero attached hydrogens (tertiary/aromatic N) is 4. The highest BCUT2D eigenvalue weighted by Gasteiger charge is 2.31. The van der Waals surface area contributed by atoms with Crippen molar-refractivity contribution < 1.29 is 27.5 Å². The Morgan fingerprint density at radius 1 is 1.08 bits per heavy atom. The first-order valence-corrected chi connectivity index (χ1v) is 11.9. The summed E-state index contributed by atoms with van der Waals surface area (Å²) in [6.07, 6.45) is -2.10. The molecule has 0 spiro atoms. The molecule has 9 nitrogen and oxygen atoms in total. The number of hydrogen-bond donors (Lipinski definition) is 1. The van der Waals surface area contributed by atoms with Crippen LogP contribution in [-0.4, -0.2) is 48.1 Å². The van der Waals surface area contributed by atoms with Crippen LogP contribution in [0.4, 0.5) is 24.5 Å². The predicted molar refractivity (Wildman–Crippen MR) is 142 cm³/mol. The largest absolute Gasteiger partial charge is 0.573 e. The molecule has 0 atom stereocenters. The van der Waals surface area contributed by atoms with Crippen LogP contribution in [0.15, 0.2) is 76.8 Å². The molecule has 0 fully saturated rings. The first-order chi connectivity index (χ1) is 18.5. The molecule has 0 saturated carbocycles. The number of aryl methyl sites for hydroxylation is 2. The minimum atomic E-state index is -4.85. The van der Waals surface area contributed by atoms with E-state index < -0.39 is 12.1 Å². The monoisotopic (exact) mass is 543 g/mol. The van der Waals surface area contributed by atoms with Crippen LogP contribution in [0.5, 0.6) is 5.75 Å². The molecular formula is C27H28F3N5O4. The lowest BCUT2D eigenvalue weighted by Gasteiger charge is -2.18. The summed E-state index contributed by atoms with van der Waals surface area (Å²) in [5.74, 6) is -0.331. The fourth-order valence-electron chi connectivity index (χ4n) is 3.60. The van der Waals surface area contributed by atoms with Crippen LogP contribution >= 0.6 is 0 Å². The van der Waals surface area contributed by atoms with E-state index in [1.807, 2.05) is 19.1 Å². The van der Waals surface area contributed by atoms with E-state index in [4.69, 9.17) is 0 Å². The summed E-state index contributed by atoms with van der Waals surface area (Å²) >= 11 is 0. The Labute approximate surface area is 223 Å². The van der Waals surface area contributed by atoms with Crippen molar-refractivity contribution in [1.82, 2.24) is 9.47 Å². The number of alkyl halides is 3. The van der Waals surface area contributed by atoms with Crippen molar-refractivity contribution in [2.75, 3.05) is 24.4 Å². The minimum absolute atomic E-state index is 0.0433. The second-order valence-corrected chi connectivity index (χ2v) is 8.69. The number of amides is 2. The number of anilines is 2. The van der Waals surface area contributed by atoms with E-state index in [0.717, 1.165) is 22.7 Å². The Kier molecular flexibility index (Phi) is 9.47. The molecule has 2 amide bonds. The second kappa shape index (κ2) is 12.8. The van der Waals surface area contributed by atoms with Crippen molar-refractivity contribution >= 4 is 29.5 Å². The van der Waals surface area contributed by atoms with Gasteiger partial charge in [-0.15, -0.1) is 18.3 Å². The number of rotatable bonds is 10. The Morgan fingerprint density at radius 2 is 1.77 bits per heavy atom. The number of hydrogen-bond acceptors (Lipinski definition) is 5. The Hall–Kier alpha value is -4.61. The van der Waals surface area contributed by atoms with Gasteiger partial charge in [0.2, 0.25) is 12.3 Å². The number of benzene rings is 2. The number of carbonyl (C=O) groups excluding carboxylic acids is 2. The average molecular weight is 544 g/mol. The van der Waals surface area contributed by atoms with Crippen molar-refractivity contribution in [2.45, 2.75) is 32.7 Å². The van der Waals surface area contributed by atoms with Gasteiger partial charge in [0.1, 0.15) is 11.4 Å². The van der Waals surface area contributed by atoms with Gasteiger partial charge in [0.05, 0.1) is 5.69 Å². The van der Waals surface area contributed by atoms with Crippen LogP contribution in [0.2, 0.25) is 0 Å². The first-order valence-electron chi connectivity index (χ1n) is 11.9. The number of pyridine rings is 1. The summed E-state index contributed by atoms with van der Waals surface area (Å²) in [5.41, 5.74) is 1.37. The summed E-state index contributed by atoms with van der Waals surface area (Å²) < 4.78 is 42.9. The third-order valence-corrected chi connectivity index (χ3v) is 5.60. The summed E-state index contributed by atoms with van der Waals surface area (Å²) in [6, 6.07) is 15.0. The van der Waals surface area contributed by atoms with Crippen molar-refractivity contribution in [2.24, 2.45) is 5.10 Å². The zero-order chi connectivity index (χ0) is 28.6. The summed E-state index contributed by atoms with van der Waals surface area (Å²) in [4.78, 5) is 38.5.